The molecule has 1 fully saturated rings. The van der Waals surface area contributed by atoms with E-state index in [1.807, 2.05) is 20.8 Å². The van der Waals surface area contributed by atoms with E-state index >= 15 is 0 Å². The highest BCUT2D eigenvalue weighted by atomic mass is 16.4. The topological polar surface area (TPSA) is 113 Å². The smallest absolute Gasteiger partial charge is 0.305 e. The fourth-order valence-corrected chi connectivity index (χ4v) is 1.99. The number of carboxylic acids is 1. The predicted octanol–water partition coefficient (Wildman–Crippen LogP) is -0.448. The summed E-state index contributed by atoms with van der Waals surface area (Å²) >= 11 is 0. The number of carbonyl (C=O) groups excluding carboxylic acids is 2. The van der Waals surface area contributed by atoms with Crippen molar-refractivity contribution in [1.82, 2.24) is 10.2 Å². The lowest BCUT2D eigenvalue weighted by Gasteiger charge is -2.36. The maximum absolute atomic E-state index is 12.3. The molecule has 0 aromatic rings. The molecule has 2 amide bonds. The van der Waals surface area contributed by atoms with Crippen LogP contribution >= 0.6 is 0 Å². The lowest BCUT2D eigenvalue weighted by Crippen LogP contribution is -2.58. The minimum atomic E-state index is -1.11. The van der Waals surface area contributed by atoms with Gasteiger partial charge in [-0.05, 0) is 5.41 Å². The minimum absolute atomic E-state index is 0.104. The Balaban J connectivity index is 2.77. The van der Waals surface area contributed by atoms with Gasteiger partial charge < -0.3 is 21.1 Å². The molecule has 0 aromatic heterocycles. The molecule has 20 heavy (non-hydrogen) atoms. The van der Waals surface area contributed by atoms with Gasteiger partial charge in [0.1, 0.15) is 6.04 Å². The largest absolute Gasteiger partial charge is 0.481 e. The first-order valence-corrected chi connectivity index (χ1v) is 6.67. The number of amides is 2. The summed E-state index contributed by atoms with van der Waals surface area (Å²) in [6, 6.07) is -1.29. The highest BCUT2D eigenvalue weighted by molar-refractivity contribution is 5.91. The molecule has 2 atom stereocenters. The molecular weight excluding hydrogens is 262 g/mol. The van der Waals surface area contributed by atoms with E-state index in [0.717, 1.165) is 0 Å². The van der Waals surface area contributed by atoms with Crippen molar-refractivity contribution < 1.29 is 19.5 Å². The van der Waals surface area contributed by atoms with Crippen molar-refractivity contribution in [3.8, 4) is 0 Å². The Morgan fingerprint density at radius 3 is 2.60 bits per heavy atom. The van der Waals surface area contributed by atoms with E-state index in [0.29, 0.717) is 13.1 Å². The Hall–Kier alpha value is -1.63. The second-order valence-corrected chi connectivity index (χ2v) is 6.17. The number of nitrogens with two attached hydrogens (primary N) is 1. The van der Waals surface area contributed by atoms with Crippen molar-refractivity contribution in [2.24, 2.45) is 11.1 Å². The van der Waals surface area contributed by atoms with Gasteiger partial charge in [-0.15, -0.1) is 0 Å². The summed E-state index contributed by atoms with van der Waals surface area (Å²) in [6.45, 7) is 6.46. The Morgan fingerprint density at radius 1 is 1.50 bits per heavy atom. The summed E-state index contributed by atoms with van der Waals surface area (Å²) < 4.78 is 0. The third-order valence-electron chi connectivity index (χ3n) is 3.53. The molecule has 0 aliphatic carbocycles. The van der Waals surface area contributed by atoms with Crippen molar-refractivity contribution in [3.05, 3.63) is 0 Å². The van der Waals surface area contributed by atoms with Crippen molar-refractivity contribution in [2.45, 2.75) is 45.7 Å². The van der Waals surface area contributed by atoms with Crippen molar-refractivity contribution in [3.63, 3.8) is 0 Å². The number of piperazine rings is 1. The quantitative estimate of drug-likeness (QED) is 0.647. The Morgan fingerprint density at radius 2 is 2.10 bits per heavy atom. The van der Waals surface area contributed by atoms with Gasteiger partial charge in [-0.2, -0.15) is 0 Å². The number of rotatable bonds is 4. The van der Waals surface area contributed by atoms with Gasteiger partial charge in [-0.3, -0.25) is 14.4 Å². The van der Waals surface area contributed by atoms with E-state index in [2.05, 4.69) is 5.32 Å². The van der Waals surface area contributed by atoms with Crippen LogP contribution in [0.15, 0.2) is 0 Å². The summed E-state index contributed by atoms with van der Waals surface area (Å²) in [7, 11) is 0. The summed E-state index contributed by atoms with van der Waals surface area (Å²) in [5, 5.41) is 11.4. The van der Waals surface area contributed by atoms with Crippen LogP contribution in [-0.2, 0) is 14.4 Å². The van der Waals surface area contributed by atoms with E-state index in [-0.39, 0.29) is 30.2 Å². The number of carbonyl (C=O) groups is 3. The summed E-state index contributed by atoms with van der Waals surface area (Å²) in [5.74, 6) is -1.80. The third kappa shape index (κ3) is 4.19. The van der Waals surface area contributed by atoms with Gasteiger partial charge in [-0.1, -0.05) is 20.8 Å². The fourth-order valence-electron chi connectivity index (χ4n) is 1.99. The first-order chi connectivity index (χ1) is 9.12. The van der Waals surface area contributed by atoms with Crippen LogP contribution in [0.1, 0.15) is 33.6 Å². The number of nitrogens with one attached hydrogen (secondary N) is 1. The van der Waals surface area contributed by atoms with Crippen LogP contribution in [0.25, 0.3) is 0 Å². The predicted molar refractivity (Wildman–Crippen MR) is 72.8 cm³/mol. The Bertz CT molecular complexity index is 403. The molecule has 1 heterocycles. The summed E-state index contributed by atoms with van der Waals surface area (Å²) in [4.78, 5) is 36.1. The first kappa shape index (κ1) is 16.4. The second-order valence-electron chi connectivity index (χ2n) is 6.17. The van der Waals surface area contributed by atoms with Crippen LogP contribution in [0.4, 0.5) is 0 Å². The van der Waals surface area contributed by atoms with Crippen LogP contribution in [0.5, 0.6) is 0 Å². The van der Waals surface area contributed by atoms with Crippen LogP contribution in [0.2, 0.25) is 0 Å². The molecule has 0 saturated carbocycles. The molecule has 114 valence electrons. The van der Waals surface area contributed by atoms with Gasteiger partial charge in [0.05, 0.1) is 6.42 Å². The third-order valence-corrected chi connectivity index (χ3v) is 3.53. The molecule has 1 saturated heterocycles. The number of hydrogen-bond acceptors (Lipinski definition) is 4. The summed E-state index contributed by atoms with van der Waals surface area (Å²) in [6.07, 6.45) is -0.283. The molecule has 2 unspecified atom stereocenters. The second kappa shape index (κ2) is 6.21. The lowest BCUT2D eigenvalue weighted by atomic mass is 9.85. The number of nitrogens with zero attached hydrogens (tertiary/aromatic N) is 1. The van der Waals surface area contributed by atoms with E-state index < -0.39 is 17.9 Å². The van der Waals surface area contributed by atoms with Crippen molar-refractivity contribution >= 4 is 17.8 Å². The number of carboxylic acid groups (broad SMARTS) is 1. The van der Waals surface area contributed by atoms with Gasteiger partial charge in [0, 0.05) is 25.6 Å². The lowest BCUT2D eigenvalue weighted by molar-refractivity contribution is -0.149. The molecule has 1 aliphatic rings. The maximum Gasteiger partial charge on any atom is 0.305 e. The van der Waals surface area contributed by atoms with Crippen LogP contribution in [-0.4, -0.2) is 53.0 Å². The maximum atomic E-state index is 12.3. The molecule has 1 aliphatic heterocycles. The zero-order chi connectivity index (χ0) is 15.5. The zero-order valence-electron chi connectivity index (χ0n) is 12.2. The van der Waals surface area contributed by atoms with Gasteiger partial charge in [0.15, 0.2) is 0 Å². The van der Waals surface area contributed by atoms with Gasteiger partial charge >= 0.3 is 5.97 Å². The summed E-state index contributed by atoms with van der Waals surface area (Å²) in [5.41, 5.74) is 5.75. The number of hydrogen-bond donors (Lipinski definition) is 3. The Labute approximate surface area is 118 Å². The molecule has 4 N–H and O–H groups in total. The van der Waals surface area contributed by atoms with Crippen LogP contribution < -0.4 is 11.1 Å². The normalized spacial score (nSPS) is 21.3. The van der Waals surface area contributed by atoms with Crippen LogP contribution in [0, 0.1) is 5.41 Å². The van der Waals surface area contributed by atoms with Gasteiger partial charge in [-0.25, -0.2) is 0 Å². The average molecular weight is 285 g/mol. The molecular formula is C13H23N3O4. The standard InChI is InChI=1S/C13H23N3O4/c1-13(2,3)9(14)7-10(17)16-5-4-15-12(20)8(16)6-11(18)19/h8-9H,4-7,14H2,1-3H3,(H,15,20)(H,18,19). The SMILES string of the molecule is CC(C)(C)C(N)CC(=O)N1CCNC(=O)C1CC(=O)O. The van der Waals surface area contributed by atoms with Crippen LogP contribution in [0.3, 0.4) is 0 Å². The van der Waals surface area contributed by atoms with E-state index in [9.17, 15) is 14.4 Å². The van der Waals surface area contributed by atoms with Crippen molar-refractivity contribution in [1.29, 1.82) is 0 Å². The zero-order valence-corrected chi connectivity index (χ0v) is 12.2. The first-order valence-electron chi connectivity index (χ1n) is 6.67. The highest BCUT2D eigenvalue weighted by Gasteiger charge is 2.36. The molecule has 1 rings (SSSR count). The fraction of sp³-hybridized carbons (Fsp3) is 0.769. The number of aliphatic carboxylic acids is 1. The monoisotopic (exact) mass is 285 g/mol. The molecule has 0 radical (unpaired) electrons. The minimum Gasteiger partial charge on any atom is -0.481 e. The molecule has 7 heteroatoms. The molecule has 0 aromatic carbocycles. The van der Waals surface area contributed by atoms with Crippen molar-refractivity contribution in [2.75, 3.05) is 13.1 Å². The van der Waals surface area contributed by atoms with E-state index in [1.54, 1.807) is 0 Å². The van der Waals surface area contributed by atoms with Gasteiger partial charge in [0.25, 0.3) is 0 Å². The average Bonchev–Trinajstić information content (AvgIpc) is 2.29. The molecule has 7 nitrogen and oxygen atoms in total. The van der Waals surface area contributed by atoms with E-state index in [4.69, 9.17) is 10.8 Å². The Kier molecular flexibility index (Phi) is 5.10. The molecule has 0 spiro atoms. The molecule has 0 bridgehead atoms. The highest BCUT2D eigenvalue weighted by Crippen LogP contribution is 2.21. The van der Waals surface area contributed by atoms with E-state index in [1.165, 1.54) is 4.90 Å². The van der Waals surface area contributed by atoms with Gasteiger partial charge in [0.2, 0.25) is 11.8 Å².